The Bertz CT molecular complexity index is 1690. The molecule has 0 N–H and O–H groups in total. The predicted octanol–water partition coefficient (Wildman–Crippen LogP) is 16.6. The van der Waals surface area contributed by atoms with Gasteiger partial charge in [0.15, 0.2) is 11.9 Å². The van der Waals surface area contributed by atoms with E-state index in [1.54, 1.807) is 0 Å². The average molecular weight is 1090 g/mol. The average Bonchev–Trinajstić information content (AvgIpc) is 3.83. The molecule has 77 heavy (non-hydrogen) atoms. The second kappa shape index (κ2) is 52.4. The minimum Gasteiger partial charge on any atom is -0.496 e. The largest absolute Gasteiger partial charge is 0.496 e. The molecule has 1 aliphatic heterocycles. The van der Waals surface area contributed by atoms with Crippen LogP contribution < -0.4 is 9.47 Å². The lowest BCUT2D eigenvalue weighted by Crippen LogP contribution is -2.27. The zero-order valence-electron chi connectivity index (χ0n) is 50.1. The van der Waals surface area contributed by atoms with Gasteiger partial charge in [0.1, 0.15) is 30.8 Å². The van der Waals surface area contributed by atoms with Gasteiger partial charge in [-0.3, -0.25) is 19.2 Å². The maximum atomic E-state index is 13.0. The second-order valence-electron chi connectivity index (χ2n) is 20.9. The number of allylic oxidation sites excluding steroid dienone is 2. The van der Waals surface area contributed by atoms with Crippen molar-refractivity contribution in [1.82, 2.24) is 0 Å². The van der Waals surface area contributed by atoms with E-state index in [1.165, 1.54) is 169 Å². The van der Waals surface area contributed by atoms with Crippen molar-refractivity contribution in [3.63, 3.8) is 0 Å². The van der Waals surface area contributed by atoms with Crippen molar-refractivity contribution < 1.29 is 61.9 Å². The van der Waals surface area contributed by atoms with Gasteiger partial charge in [-0.1, -0.05) is 219 Å². The Labute approximate surface area is 468 Å². The van der Waals surface area contributed by atoms with Gasteiger partial charge in [-0.2, -0.15) is 0 Å². The number of esters is 4. The maximum absolute atomic E-state index is 13.0. The Balaban J connectivity index is 0.00000156. The number of rotatable bonds is 48. The number of hydrogen-bond acceptors (Lipinski definition) is 13. The number of ether oxygens (including phenoxy) is 7. The summed E-state index contributed by atoms with van der Waals surface area (Å²) in [5, 5.41) is 0. The van der Waals surface area contributed by atoms with Crippen LogP contribution in [-0.2, 0) is 60.7 Å². The third-order valence-corrected chi connectivity index (χ3v) is 14.1. The zero-order valence-corrected chi connectivity index (χ0v) is 50.1. The normalized spacial score (nSPS) is 12.1. The number of fused-ring (bicyclic) bond motifs is 1. The number of hydrogen-bond donors (Lipinski definition) is 0. The highest BCUT2D eigenvalue weighted by Crippen LogP contribution is 2.43. The lowest BCUT2D eigenvalue weighted by atomic mass is 9.94. The van der Waals surface area contributed by atoms with E-state index >= 15 is 0 Å². The van der Waals surface area contributed by atoms with Crippen molar-refractivity contribution in [2.45, 2.75) is 291 Å². The first kappa shape index (κ1) is 72.7. The smallest absolute Gasteiger partial charge is 0.342 e. The molecule has 0 fully saturated rings. The van der Waals surface area contributed by atoms with Crippen LogP contribution in [0, 0.1) is 6.92 Å². The molecule has 0 aromatic heterocycles. The molecular formula is C64H110O13. The van der Waals surface area contributed by atoms with Gasteiger partial charge < -0.3 is 38.0 Å². The Morgan fingerprint density at radius 2 is 1.01 bits per heavy atom. The molecule has 1 aromatic carbocycles. The molecule has 2 rings (SSSR count). The fraction of sp³-hybridized carbons (Fsp3) is 0.781. The highest BCUT2D eigenvalue weighted by atomic mass is 16.6. The van der Waals surface area contributed by atoms with E-state index in [2.05, 4.69) is 25.5 Å². The van der Waals surface area contributed by atoms with Gasteiger partial charge in [0, 0.05) is 43.9 Å². The maximum Gasteiger partial charge on any atom is 0.342 e. The van der Waals surface area contributed by atoms with Gasteiger partial charge >= 0.3 is 23.9 Å². The van der Waals surface area contributed by atoms with Gasteiger partial charge in [0.25, 0.3) is 6.47 Å². The Morgan fingerprint density at radius 1 is 0.558 bits per heavy atom. The van der Waals surface area contributed by atoms with Crippen molar-refractivity contribution >= 4 is 36.6 Å². The molecule has 0 radical (unpaired) electrons. The highest BCUT2D eigenvalue weighted by molar-refractivity contribution is 5.99. The Kier molecular flexibility index (Phi) is 49.5. The van der Waals surface area contributed by atoms with Crippen LogP contribution in [0.5, 0.6) is 11.5 Å². The van der Waals surface area contributed by atoms with Gasteiger partial charge in [-0.25, -0.2) is 4.79 Å². The van der Waals surface area contributed by atoms with Gasteiger partial charge in [-0.05, 0) is 51.5 Å². The van der Waals surface area contributed by atoms with Crippen molar-refractivity contribution in [3.8, 4) is 11.5 Å². The summed E-state index contributed by atoms with van der Waals surface area (Å²) < 4.78 is 36.5. The molecule has 444 valence electrons. The van der Waals surface area contributed by atoms with E-state index in [9.17, 15) is 28.8 Å². The van der Waals surface area contributed by atoms with E-state index in [-0.39, 0.29) is 55.9 Å². The molecular weight excluding hydrogens is 977 g/mol. The molecule has 1 atom stereocenters. The summed E-state index contributed by atoms with van der Waals surface area (Å²) in [5.74, 6) is -0.875. The molecule has 0 saturated heterocycles. The molecule has 13 nitrogen and oxygen atoms in total. The SMILES string of the molecule is CCCCCCCCCCCCC.CCCCCCCCCCCCCCCC=O.COCC(COC=O)OC(=O)CCCCCCCCCCC(=O)Oc1c(C/C=C(\C)CCC(=O)OC)c(OC)c(C)c2c1C(=O)OC2. The quantitative estimate of drug-likeness (QED) is 0.0151. The van der Waals surface area contributed by atoms with Crippen molar-refractivity contribution in [2.75, 3.05) is 34.5 Å². The number of carbonyl (C=O) groups is 6. The molecule has 1 aromatic rings. The van der Waals surface area contributed by atoms with Crippen LogP contribution in [0.3, 0.4) is 0 Å². The molecule has 0 spiro atoms. The Morgan fingerprint density at radius 3 is 1.44 bits per heavy atom. The molecule has 13 heteroatoms. The summed E-state index contributed by atoms with van der Waals surface area (Å²) >= 11 is 0. The monoisotopic (exact) mass is 1090 g/mol. The topological polar surface area (TPSA) is 167 Å². The number of methoxy groups -OCH3 is 3. The first-order valence-electron chi connectivity index (χ1n) is 30.5. The number of aldehydes is 1. The number of carbonyl (C=O) groups excluding carboxylic acids is 6. The van der Waals surface area contributed by atoms with E-state index in [4.69, 9.17) is 28.4 Å². The fourth-order valence-electron chi connectivity index (χ4n) is 9.34. The van der Waals surface area contributed by atoms with Crippen molar-refractivity contribution in [3.05, 3.63) is 33.9 Å². The van der Waals surface area contributed by atoms with Crippen molar-refractivity contribution in [2.24, 2.45) is 0 Å². The minimum absolute atomic E-state index is 0.0304. The standard InChI is InChI=1S/C35H50O12.C16H32O.C13H28/c1-24(17-19-29(37)42-4)16-18-27-33(43-5)25(2)28-22-45-35(40)32(28)34(27)47-31(39)15-13-11-9-7-6-8-10-12-14-30(38)46-26(20-41-3)21-44-23-36;1-2-3-4-5-6-7-8-9-10-11-12-13-14-15-16-17;1-3-5-7-9-11-13-12-10-8-6-4-2/h16,23,26H,6-15,17-22H2,1-5H3;16H,2-15H2,1H3;3-13H2,1-2H3/b24-16+;;. The number of unbranched alkanes of at least 4 members (excludes halogenated alkanes) is 30. The van der Waals surface area contributed by atoms with Gasteiger partial charge in [0.05, 0.1) is 20.8 Å². The second-order valence-corrected chi connectivity index (χ2v) is 20.9. The van der Waals surface area contributed by atoms with Crippen molar-refractivity contribution in [1.29, 1.82) is 0 Å². The van der Waals surface area contributed by atoms with Crippen LogP contribution in [0.15, 0.2) is 11.6 Å². The molecule has 1 aliphatic rings. The minimum atomic E-state index is -0.606. The first-order chi connectivity index (χ1) is 37.5. The summed E-state index contributed by atoms with van der Waals surface area (Å²) in [5.41, 5.74) is 3.22. The van der Waals surface area contributed by atoms with Crippen LogP contribution in [-0.4, -0.2) is 77.3 Å². The number of benzene rings is 1. The molecule has 1 unspecified atom stereocenters. The summed E-state index contributed by atoms with van der Waals surface area (Å²) in [6, 6.07) is 0. The lowest BCUT2D eigenvalue weighted by Gasteiger charge is -2.19. The predicted molar refractivity (Wildman–Crippen MR) is 310 cm³/mol. The highest BCUT2D eigenvalue weighted by Gasteiger charge is 2.34. The van der Waals surface area contributed by atoms with Crippen LogP contribution >= 0.6 is 0 Å². The molecule has 0 bridgehead atoms. The molecule has 0 aliphatic carbocycles. The lowest BCUT2D eigenvalue weighted by molar-refractivity contribution is -0.157. The van der Waals surface area contributed by atoms with E-state index < -0.39 is 18.0 Å². The van der Waals surface area contributed by atoms with E-state index in [1.807, 2.05) is 19.9 Å². The van der Waals surface area contributed by atoms with Crippen LogP contribution in [0.1, 0.15) is 292 Å². The third kappa shape index (κ3) is 38.9. The fourth-order valence-corrected chi connectivity index (χ4v) is 9.34. The van der Waals surface area contributed by atoms with E-state index in [0.717, 1.165) is 68.8 Å². The summed E-state index contributed by atoms with van der Waals surface area (Å²) in [7, 11) is 4.37. The van der Waals surface area contributed by atoms with Gasteiger partial charge in [-0.15, -0.1) is 0 Å². The molecule has 0 saturated carbocycles. The first-order valence-corrected chi connectivity index (χ1v) is 30.5. The summed E-state index contributed by atoms with van der Waals surface area (Å²) in [6.45, 7) is 11.1. The third-order valence-electron chi connectivity index (χ3n) is 14.1. The number of cyclic esters (lactones) is 1. The van der Waals surface area contributed by atoms with Crippen LogP contribution in [0.25, 0.3) is 0 Å². The van der Waals surface area contributed by atoms with E-state index in [0.29, 0.717) is 55.5 Å². The zero-order chi connectivity index (χ0) is 57.0. The molecule has 1 heterocycles. The van der Waals surface area contributed by atoms with Gasteiger partial charge in [0.2, 0.25) is 0 Å². The summed E-state index contributed by atoms with van der Waals surface area (Å²) in [6.07, 6.45) is 45.6. The summed E-state index contributed by atoms with van der Waals surface area (Å²) in [4.78, 5) is 69.7. The van der Waals surface area contributed by atoms with Crippen LogP contribution in [0.2, 0.25) is 0 Å². The Hall–Kier alpha value is -4.26. The van der Waals surface area contributed by atoms with Crippen LogP contribution in [0.4, 0.5) is 0 Å². The molecule has 0 amide bonds.